The number of amides is 1. The summed E-state index contributed by atoms with van der Waals surface area (Å²) < 4.78 is 47.0. The van der Waals surface area contributed by atoms with E-state index in [-0.39, 0.29) is 37.2 Å². The maximum absolute atomic E-state index is 13.5. The Labute approximate surface area is 181 Å². The number of aromatic nitrogens is 3. The van der Waals surface area contributed by atoms with E-state index >= 15 is 0 Å². The first kappa shape index (κ1) is 21.9. The zero-order valence-corrected chi connectivity index (χ0v) is 17.6. The number of hydrogen-bond donors (Lipinski definition) is 1. The normalized spacial score (nSPS) is 19.3. The number of alkyl halides is 3. The Bertz CT molecular complexity index is 1190. The number of carbonyl (C=O) groups is 1. The van der Waals surface area contributed by atoms with Gasteiger partial charge in [0.05, 0.1) is 17.7 Å². The fourth-order valence-corrected chi connectivity index (χ4v) is 3.98. The van der Waals surface area contributed by atoms with Crippen LogP contribution in [0.5, 0.6) is 0 Å². The number of fused-ring (bicyclic) bond motifs is 1. The molecular formula is C22H23F3N4O3. The third kappa shape index (κ3) is 4.21. The summed E-state index contributed by atoms with van der Waals surface area (Å²) in [4.78, 5) is 29.7. The number of piperidine rings is 1. The molecule has 7 nitrogen and oxygen atoms in total. The molecule has 1 fully saturated rings. The summed E-state index contributed by atoms with van der Waals surface area (Å²) in [5.41, 5.74) is 2.09. The van der Waals surface area contributed by atoms with E-state index in [1.165, 1.54) is 11.0 Å². The van der Waals surface area contributed by atoms with Crippen LogP contribution in [0.3, 0.4) is 0 Å². The van der Waals surface area contributed by atoms with Crippen LogP contribution in [0.15, 0.2) is 41.2 Å². The SMILES string of the molecule is Cc1[nH]c2cc(C3CC(C(F)(F)F)CCN3C(=O)OCc3ccccc3)nn2c(=O)c1C. The highest BCUT2D eigenvalue weighted by Crippen LogP contribution is 2.42. The van der Waals surface area contributed by atoms with Crippen LogP contribution in [0, 0.1) is 19.8 Å². The Morgan fingerprint density at radius 2 is 1.97 bits per heavy atom. The highest BCUT2D eigenvalue weighted by molar-refractivity contribution is 5.68. The van der Waals surface area contributed by atoms with Crippen LogP contribution in [-0.2, 0) is 11.3 Å². The van der Waals surface area contributed by atoms with E-state index in [0.717, 1.165) is 10.1 Å². The molecule has 1 saturated heterocycles. The van der Waals surface area contributed by atoms with Gasteiger partial charge < -0.3 is 9.72 Å². The molecule has 170 valence electrons. The Morgan fingerprint density at radius 1 is 1.25 bits per heavy atom. The number of aryl methyl sites for hydroxylation is 1. The molecule has 1 N–H and O–H groups in total. The van der Waals surface area contributed by atoms with Gasteiger partial charge in [0, 0.05) is 23.9 Å². The fraction of sp³-hybridized carbons (Fsp3) is 0.409. The Balaban J connectivity index is 1.65. The third-order valence-electron chi connectivity index (χ3n) is 5.97. The predicted molar refractivity (Wildman–Crippen MR) is 110 cm³/mol. The predicted octanol–water partition coefficient (Wildman–Crippen LogP) is 4.29. The van der Waals surface area contributed by atoms with Crippen LogP contribution in [0.2, 0.25) is 0 Å². The van der Waals surface area contributed by atoms with Crippen molar-refractivity contribution in [2.24, 2.45) is 5.92 Å². The quantitative estimate of drug-likeness (QED) is 0.648. The van der Waals surface area contributed by atoms with Crippen LogP contribution in [0.4, 0.5) is 18.0 Å². The smallest absolute Gasteiger partial charge is 0.410 e. The number of benzene rings is 1. The maximum Gasteiger partial charge on any atom is 0.410 e. The minimum absolute atomic E-state index is 0.00757. The second-order valence-corrected chi connectivity index (χ2v) is 8.06. The lowest BCUT2D eigenvalue weighted by molar-refractivity contribution is -0.189. The largest absolute Gasteiger partial charge is 0.445 e. The van der Waals surface area contributed by atoms with Crippen LogP contribution in [-0.4, -0.2) is 38.3 Å². The van der Waals surface area contributed by atoms with E-state index in [9.17, 15) is 22.8 Å². The first-order chi connectivity index (χ1) is 15.1. The summed E-state index contributed by atoms with van der Waals surface area (Å²) >= 11 is 0. The minimum atomic E-state index is -4.39. The summed E-state index contributed by atoms with van der Waals surface area (Å²) in [7, 11) is 0. The molecule has 0 spiro atoms. The molecule has 10 heteroatoms. The molecule has 2 unspecified atom stereocenters. The number of H-pyrrole nitrogens is 1. The average molecular weight is 448 g/mol. The van der Waals surface area contributed by atoms with Crippen molar-refractivity contribution in [2.75, 3.05) is 6.54 Å². The second-order valence-electron chi connectivity index (χ2n) is 8.06. The zero-order chi connectivity index (χ0) is 23.0. The number of likely N-dealkylation sites (tertiary alicyclic amines) is 1. The number of halogens is 3. The van der Waals surface area contributed by atoms with E-state index in [1.54, 1.807) is 38.1 Å². The number of nitrogens with one attached hydrogen (secondary N) is 1. The summed E-state index contributed by atoms with van der Waals surface area (Å²) in [6, 6.07) is 9.58. The monoisotopic (exact) mass is 448 g/mol. The molecule has 2 aromatic heterocycles. The number of hydrogen-bond acceptors (Lipinski definition) is 4. The van der Waals surface area contributed by atoms with Crippen molar-refractivity contribution < 1.29 is 22.7 Å². The van der Waals surface area contributed by atoms with Crippen molar-refractivity contribution in [1.29, 1.82) is 0 Å². The Hall–Kier alpha value is -3.30. The van der Waals surface area contributed by atoms with E-state index in [2.05, 4.69) is 10.1 Å². The Morgan fingerprint density at radius 3 is 2.66 bits per heavy atom. The molecular weight excluding hydrogens is 425 g/mol. The fourth-order valence-electron chi connectivity index (χ4n) is 3.98. The lowest BCUT2D eigenvalue weighted by atomic mass is 9.89. The van der Waals surface area contributed by atoms with Gasteiger partial charge in [-0.1, -0.05) is 30.3 Å². The number of rotatable bonds is 3. The van der Waals surface area contributed by atoms with Gasteiger partial charge in [-0.15, -0.1) is 0 Å². The van der Waals surface area contributed by atoms with E-state index in [1.807, 2.05) is 6.07 Å². The lowest BCUT2D eigenvalue weighted by Gasteiger charge is -2.38. The summed E-state index contributed by atoms with van der Waals surface area (Å²) in [6.45, 7) is 3.26. The molecule has 4 rings (SSSR count). The van der Waals surface area contributed by atoms with E-state index in [0.29, 0.717) is 16.9 Å². The lowest BCUT2D eigenvalue weighted by Crippen LogP contribution is -2.44. The molecule has 1 aromatic carbocycles. The molecule has 1 aliphatic rings. The van der Waals surface area contributed by atoms with Gasteiger partial charge in [0.2, 0.25) is 0 Å². The third-order valence-corrected chi connectivity index (χ3v) is 5.97. The van der Waals surface area contributed by atoms with Gasteiger partial charge >= 0.3 is 12.3 Å². The standard InChI is InChI=1S/C22H23F3N4O3/c1-13-14(2)26-19-11-17(27-29(19)20(13)30)18-10-16(22(23,24)25)8-9-28(18)21(31)32-12-15-6-4-3-5-7-15/h3-7,11,16,18,26H,8-10,12H2,1-2H3. The van der Waals surface area contributed by atoms with Crippen LogP contribution in [0.25, 0.3) is 5.65 Å². The molecule has 0 aliphatic carbocycles. The summed E-state index contributed by atoms with van der Waals surface area (Å²) in [5.74, 6) is -1.57. The molecule has 3 heterocycles. The Kier molecular flexibility index (Phi) is 5.70. The van der Waals surface area contributed by atoms with Gasteiger partial charge in [0.1, 0.15) is 12.3 Å². The highest BCUT2D eigenvalue weighted by Gasteiger charge is 2.46. The second kappa shape index (κ2) is 8.33. The van der Waals surface area contributed by atoms with Crippen LogP contribution < -0.4 is 5.56 Å². The minimum Gasteiger partial charge on any atom is -0.445 e. The van der Waals surface area contributed by atoms with Gasteiger partial charge in [-0.3, -0.25) is 9.69 Å². The molecule has 0 radical (unpaired) electrons. The van der Waals surface area contributed by atoms with Crippen LogP contribution >= 0.6 is 0 Å². The molecule has 1 aliphatic heterocycles. The van der Waals surface area contributed by atoms with Crippen molar-refractivity contribution in [3.05, 3.63) is 69.3 Å². The first-order valence-electron chi connectivity index (χ1n) is 10.3. The number of ether oxygens (including phenoxy) is 1. The van der Waals surface area contributed by atoms with Gasteiger partial charge in [-0.05, 0) is 32.3 Å². The summed E-state index contributed by atoms with van der Waals surface area (Å²) in [5, 5.41) is 4.26. The van der Waals surface area contributed by atoms with Gasteiger partial charge in [-0.2, -0.15) is 22.8 Å². The molecule has 0 bridgehead atoms. The van der Waals surface area contributed by atoms with E-state index < -0.39 is 24.2 Å². The van der Waals surface area contributed by atoms with Gasteiger partial charge in [0.15, 0.2) is 0 Å². The van der Waals surface area contributed by atoms with Crippen molar-refractivity contribution in [3.8, 4) is 0 Å². The van der Waals surface area contributed by atoms with Crippen molar-refractivity contribution in [2.45, 2.75) is 45.5 Å². The van der Waals surface area contributed by atoms with Crippen molar-refractivity contribution in [1.82, 2.24) is 19.5 Å². The van der Waals surface area contributed by atoms with E-state index in [4.69, 9.17) is 4.74 Å². The number of aromatic amines is 1. The van der Waals surface area contributed by atoms with Gasteiger partial charge in [-0.25, -0.2) is 4.79 Å². The molecule has 32 heavy (non-hydrogen) atoms. The summed E-state index contributed by atoms with van der Waals surface area (Å²) in [6.07, 6.45) is -5.67. The first-order valence-corrected chi connectivity index (χ1v) is 10.3. The highest BCUT2D eigenvalue weighted by atomic mass is 19.4. The molecule has 3 aromatic rings. The van der Waals surface area contributed by atoms with Gasteiger partial charge in [0.25, 0.3) is 5.56 Å². The maximum atomic E-state index is 13.5. The average Bonchev–Trinajstić information content (AvgIpc) is 3.19. The van der Waals surface area contributed by atoms with Crippen molar-refractivity contribution in [3.63, 3.8) is 0 Å². The van der Waals surface area contributed by atoms with Crippen molar-refractivity contribution >= 4 is 11.7 Å². The zero-order valence-electron chi connectivity index (χ0n) is 17.6. The van der Waals surface area contributed by atoms with Crippen LogP contribution in [0.1, 0.15) is 41.4 Å². The number of nitrogens with zero attached hydrogens (tertiary/aromatic N) is 3. The molecule has 1 amide bonds. The number of carbonyl (C=O) groups excluding carboxylic acids is 1. The molecule has 2 atom stereocenters. The molecule has 0 saturated carbocycles. The topological polar surface area (TPSA) is 79.7 Å².